The molecule has 15 heavy (non-hydrogen) atoms. The standard InChI is InChI=1S/C12H25NO2/c1-9(14)12(4,5)13-8-10-6-7-11(2,3)15-10/h9-10,13-14H,6-8H2,1-5H3. The normalized spacial score (nSPS) is 28.0. The molecule has 90 valence electrons. The molecule has 0 aromatic heterocycles. The summed E-state index contributed by atoms with van der Waals surface area (Å²) >= 11 is 0. The Labute approximate surface area is 93.2 Å². The number of aliphatic hydroxyl groups is 1. The van der Waals surface area contributed by atoms with Gasteiger partial charge in [-0.15, -0.1) is 0 Å². The topological polar surface area (TPSA) is 41.5 Å². The summed E-state index contributed by atoms with van der Waals surface area (Å²) in [6.45, 7) is 10.9. The van der Waals surface area contributed by atoms with Crippen LogP contribution in [0.1, 0.15) is 47.5 Å². The van der Waals surface area contributed by atoms with E-state index in [1.54, 1.807) is 0 Å². The van der Waals surface area contributed by atoms with Crippen LogP contribution in [0.3, 0.4) is 0 Å². The van der Waals surface area contributed by atoms with Crippen LogP contribution in [0, 0.1) is 0 Å². The quantitative estimate of drug-likeness (QED) is 0.750. The van der Waals surface area contributed by atoms with E-state index in [2.05, 4.69) is 19.2 Å². The first-order chi connectivity index (χ1) is 6.73. The zero-order chi connectivity index (χ0) is 11.7. The second-order valence-electron chi connectivity index (χ2n) is 5.82. The van der Waals surface area contributed by atoms with Crippen LogP contribution in [0.4, 0.5) is 0 Å². The fraction of sp³-hybridized carbons (Fsp3) is 1.00. The van der Waals surface area contributed by atoms with Gasteiger partial charge in [-0.3, -0.25) is 0 Å². The Morgan fingerprint density at radius 2 is 2.13 bits per heavy atom. The second-order valence-corrected chi connectivity index (χ2v) is 5.82. The lowest BCUT2D eigenvalue weighted by atomic mass is 9.98. The Balaban J connectivity index is 2.33. The SMILES string of the molecule is CC(O)C(C)(C)NCC1CCC(C)(C)O1. The first-order valence-corrected chi connectivity index (χ1v) is 5.84. The summed E-state index contributed by atoms with van der Waals surface area (Å²) in [5, 5.41) is 12.9. The summed E-state index contributed by atoms with van der Waals surface area (Å²) in [6, 6.07) is 0. The molecular weight excluding hydrogens is 190 g/mol. The summed E-state index contributed by atoms with van der Waals surface area (Å²) in [5.41, 5.74) is -0.211. The van der Waals surface area contributed by atoms with Gasteiger partial charge >= 0.3 is 0 Å². The molecule has 3 heteroatoms. The molecule has 1 aliphatic heterocycles. The Hall–Kier alpha value is -0.120. The van der Waals surface area contributed by atoms with Gasteiger partial charge < -0.3 is 15.2 Å². The number of nitrogens with one attached hydrogen (secondary N) is 1. The molecule has 0 saturated carbocycles. The molecule has 0 spiro atoms. The summed E-state index contributed by atoms with van der Waals surface area (Å²) in [4.78, 5) is 0. The third-order valence-corrected chi connectivity index (χ3v) is 3.38. The third kappa shape index (κ3) is 3.74. The van der Waals surface area contributed by atoms with Gasteiger partial charge in [-0.1, -0.05) is 0 Å². The van der Waals surface area contributed by atoms with Gasteiger partial charge in [-0.2, -0.15) is 0 Å². The van der Waals surface area contributed by atoms with Crippen molar-refractivity contribution in [2.75, 3.05) is 6.54 Å². The van der Waals surface area contributed by atoms with Crippen molar-refractivity contribution in [3.63, 3.8) is 0 Å². The second kappa shape index (κ2) is 4.40. The lowest BCUT2D eigenvalue weighted by Crippen LogP contribution is -2.50. The fourth-order valence-corrected chi connectivity index (χ4v) is 1.75. The molecule has 1 heterocycles. The minimum Gasteiger partial charge on any atom is -0.392 e. The van der Waals surface area contributed by atoms with Gasteiger partial charge in [0, 0.05) is 12.1 Å². The first kappa shape index (κ1) is 12.9. The van der Waals surface area contributed by atoms with Crippen LogP contribution in [0.15, 0.2) is 0 Å². The summed E-state index contributed by atoms with van der Waals surface area (Å²) < 4.78 is 5.88. The van der Waals surface area contributed by atoms with Crippen molar-refractivity contribution >= 4 is 0 Å². The number of ether oxygens (including phenoxy) is 1. The minimum absolute atomic E-state index is 0.0291. The van der Waals surface area contributed by atoms with E-state index in [1.807, 2.05) is 20.8 Å². The average molecular weight is 215 g/mol. The number of aliphatic hydroxyl groups excluding tert-OH is 1. The predicted octanol–water partition coefficient (Wildman–Crippen LogP) is 1.69. The molecule has 1 saturated heterocycles. The molecule has 3 nitrogen and oxygen atoms in total. The van der Waals surface area contributed by atoms with Crippen molar-refractivity contribution in [2.24, 2.45) is 0 Å². The first-order valence-electron chi connectivity index (χ1n) is 5.84. The maximum atomic E-state index is 9.55. The number of hydrogen-bond acceptors (Lipinski definition) is 3. The molecule has 0 aliphatic carbocycles. The maximum Gasteiger partial charge on any atom is 0.0708 e. The van der Waals surface area contributed by atoms with Crippen molar-refractivity contribution in [3.05, 3.63) is 0 Å². The molecule has 0 aromatic rings. The van der Waals surface area contributed by atoms with E-state index in [0.29, 0.717) is 0 Å². The number of hydrogen-bond donors (Lipinski definition) is 2. The van der Waals surface area contributed by atoms with Gasteiger partial charge in [0.05, 0.1) is 17.8 Å². The zero-order valence-corrected chi connectivity index (χ0v) is 10.6. The maximum absolute atomic E-state index is 9.55. The van der Waals surface area contributed by atoms with E-state index in [4.69, 9.17) is 4.74 Å². The van der Waals surface area contributed by atoms with Crippen molar-refractivity contribution in [1.29, 1.82) is 0 Å². The molecule has 2 atom stereocenters. The minimum atomic E-state index is -0.355. The van der Waals surface area contributed by atoms with E-state index >= 15 is 0 Å². The van der Waals surface area contributed by atoms with Gasteiger partial charge in [-0.05, 0) is 47.5 Å². The molecule has 0 aromatic carbocycles. The third-order valence-electron chi connectivity index (χ3n) is 3.38. The largest absolute Gasteiger partial charge is 0.392 e. The van der Waals surface area contributed by atoms with Crippen LogP contribution in [-0.2, 0) is 4.74 Å². The highest BCUT2D eigenvalue weighted by atomic mass is 16.5. The van der Waals surface area contributed by atoms with Gasteiger partial charge in [-0.25, -0.2) is 0 Å². The summed E-state index contributed by atoms with van der Waals surface area (Å²) in [7, 11) is 0. The van der Waals surface area contributed by atoms with E-state index < -0.39 is 0 Å². The Bertz CT molecular complexity index is 212. The Kier molecular flexibility index (Phi) is 3.80. The smallest absolute Gasteiger partial charge is 0.0708 e. The van der Waals surface area contributed by atoms with Crippen LogP contribution in [0.25, 0.3) is 0 Å². The average Bonchev–Trinajstić information content (AvgIpc) is 2.42. The summed E-state index contributed by atoms with van der Waals surface area (Å²) in [5.74, 6) is 0. The molecule has 0 bridgehead atoms. The van der Waals surface area contributed by atoms with E-state index in [0.717, 1.165) is 19.4 Å². The van der Waals surface area contributed by atoms with Crippen LogP contribution >= 0.6 is 0 Å². The zero-order valence-electron chi connectivity index (χ0n) is 10.6. The van der Waals surface area contributed by atoms with Crippen molar-refractivity contribution in [2.45, 2.75) is 70.8 Å². The molecule has 0 radical (unpaired) electrons. The van der Waals surface area contributed by atoms with Crippen LogP contribution < -0.4 is 5.32 Å². The van der Waals surface area contributed by atoms with Crippen molar-refractivity contribution < 1.29 is 9.84 Å². The van der Waals surface area contributed by atoms with Gasteiger partial charge in [0.15, 0.2) is 0 Å². The Morgan fingerprint density at radius 3 is 2.53 bits per heavy atom. The predicted molar refractivity (Wildman–Crippen MR) is 61.9 cm³/mol. The van der Waals surface area contributed by atoms with Crippen molar-refractivity contribution in [3.8, 4) is 0 Å². The molecule has 2 N–H and O–H groups in total. The van der Waals surface area contributed by atoms with Crippen molar-refractivity contribution in [1.82, 2.24) is 5.32 Å². The lowest BCUT2D eigenvalue weighted by Gasteiger charge is -2.31. The summed E-state index contributed by atoms with van der Waals surface area (Å²) in [6.07, 6.45) is 2.16. The molecule has 2 unspecified atom stereocenters. The van der Waals surface area contributed by atoms with Crippen LogP contribution in [0.5, 0.6) is 0 Å². The highest BCUT2D eigenvalue weighted by molar-refractivity contribution is 4.87. The molecule has 1 aliphatic rings. The van der Waals surface area contributed by atoms with Gasteiger partial charge in [0.1, 0.15) is 0 Å². The molecule has 1 rings (SSSR count). The van der Waals surface area contributed by atoms with Gasteiger partial charge in [0.25, 0.3) is 0 Å². The fourth-order valence-electron chi connectivity index (χ4n) is 1.75. The lowest BCUT2D eigenvalue weighted by molar-refractivity contribution is -0.0201. The molecular formula is C12H25NO2. The van der Waals surface area contributed by atoms with E-state index in [1.165, 1.54) is 0 Å². The molecule has 1 fully saturated rings. The van der Waals surface area contributed by atoms with Crippen LogP contribution in [-0.4, -0.2) is 35.0 Å². The monoisotopic (exact) mass is 215 g/mol. The highest BCUT2D eigenvalue weighted by Crippen LogP contribution is 2.29. The van der Waals surface area contributed by atoms with E-state index in [-0.39, 0.29) is 23.3 Å². The Morgan fingerprint density at radius 1 is 1.53 bits per heavy atom. The van der Waals surface area contributed by atoms with E-state index in [9.17, 15) is 5.11 Å². The number of rotatable bonds is 4. The highest BCUT2D eigenvalue weighted by Gasteiger charge is 2.33. The van der Waals surface area contributed by atoms with Crippen LogP contribution in [0.2, 0.25) is 0 Å². The van der Waals surface area contributed by atoms with Gasteiger partial charge in [0.2, 0.25) is 0 Å². The molecule has 0 amide bonds.